The Morgan fingerprint density at radius 2 is 2.25 bits per heavy atom. The van der Waals surface area contributed by atoms with Crippen LogP contribution in [0, 0.1) is 5.92 Å². The zero-order valence-electron chi connectivity index (χ0n) is 7.48. The second kappa shape index (κ2) is 5.01. The Morgan fingerprint density at radius 1 is 1.58 bits per heavy atom. The molecule has 0 aliphatic heterocycles. The molecule has 1 saturated carbocycles. The first-order valence-electron chi connectivity index (χ1n) is 4.46. The Balaban J connectivity index is 2.17. The zero-order chi connectivity index (χ0) is 9.03. The van der Waals surface area contributed by atoms with Gasteiger partial charge in [-0.2, -0.15) is 0 Å². The highest BCUT2D eigenvalue weighted by Crippen LogP contribution is 2.28. The quantitative estimate of drug-likeness (QED) is 0.559. The van der Waals surface area contributed by atoms with Gasteiger partial charge >= 0.3 is 0 Å². The molecule has 0 amide bonds. The molecule has 1 rings (SSSR count). The van der Waals surface area contributed by atoms with Gasteiger partial charge in [0.15, 0.2) is 0 Å². The van der Waals surface area contributed by atoms with Gasteiger partial charge in [0.2, 0.25) is 0 Å². The smallest absolute Gasteiger partial charge is 0.0878 e. The molecule has 3 heteroatoms. The molecule has 0 aromatic rings. The molecule has 1 nitrogen and oxygen atoms in total. The predicted molar refractivity (Wildman–Crippen MR) is 61.3 cm³/mol. The number of hydrogen-bond donors (Lipinski definition) is 0. The molecule has 12 heavy (non-hydrogen) atoms. The monoisotopic (exact) mass is 302 g/mol. The van der Waals surface area contributed by atoms with Crippen LogP contribution in [0.2, 0.25) is 0 Å². The Bertz CT molecular complexity index is 132. The number of hydrogen-bond acceptors (Lipinski definition) is 1. The summed E-state index contributed by atoms with van der Waals surface area (Å²) < 4.78 is 6.77. The summed E-state index contributed by atoms with van der Waals surface area (Å²) in [5.41, 5.74) is -0.0995. The zero-order valence-corrected chi connectivity index (χ0v) is 10.4. The van der Waals surface area contributed by atoms with Crippen molar-refractivity contribution in [3.63, 3.8) is 0 Å². The molecule has 0 radical (unpaired) electrons. The average molecular weight is 303 g/mol. The Morgan fingerprint density at radius 3 is 2.58 bits per heavy atom. The molecule has 0 aromatic heterocycles. The highest BCUT2D eigenvalue weighted by molar-refractivity contribution is 14.1. The maximum absolute atomic E-state index is 5.82. The summed E-state index contributed by atoms with van der Waals surface area (Å²) in [6.45, 7) is 3.00. The summed E-state index contributed by atoms with van der Waals surface area (Å²) in [6.07, 6.45) is 4.08. The van der Waals surface area contributed by atoms with Crippen molar-refractivity contribution >= 4 is 34.2 Å². The molecule has 1 fully saturated rings. The largest absolute Gasteiger partial charge is 0.373 e. The maximum atomic E-state index is 5.82. The van der Waals surface area contributed by atoms with Crippen LogP contribution in [0.3, 0.4) is 0 Å². The SMILES string of the molecule is CC(CCl)(CI)OCC1CCC1. The van der Waals surface area contributed by atoms with Crippen molar-refractivity contribution in [3.8, 4) is 0 Å². The molecule has 72 valence electrons. The highest BCUT2D eigenvalue weighted by Gasteiger charge is 2.26. The molecule has 1 aliphatic rings. The Hall–Kier alpha value is 0.980. The van der Waals surface area contributed by atoms with E-state index in [1.807, 2.05) is 0 Å². The summed E-state index contributed by atoms with van der Waals surface area (Å²) in [5.74, 6) is 1.42. The van der Waals surface area contributed by atoms with Gasteiger partial charge in [-0.1, -0.05) is 29.0 Å². The molecular formula is C9H16ClIO. The van der Waals surface area contributed by atoms with Crippen LogP contribution in [-0.2, 0) is 4.74 Å². The summed E-state index contributed by atoms with van der Waals surface area (Å²) in [4.78, 5) is 0. The molecule has 1 aliphatic carbocycles. The number of alkyl halides is 2. The Kier molecular flexibility index (Phi) is 4.62. The van der Waals surface area contributed by atoms with Crippen molar-refractivity contribution < 1.29 is 4.74 Å². The molecule has 0 heterocycles. The van der Waals surface area contributed by atoms with Gasteiger partial charge in [0, 0.05) is 4.43 Å². The minimum Gasteiger partial charge on any atom is -0.373 e. The van der Waals surface area contributed by atoms with Gasteiger partial charge in [0.25, 0.3) is 0 Å². The van der Waals surface area contributed by atoms with Crippen LogP contribution in [0.25, 0.3) is 0 Å². The fourth-order valence-electron chi connectivity index (χ4n) is 1.09. The van der Waals surface area contributed by atoms with Crippen molar-refractivity contribution in [3.05, 3.63) is 0 Å². The number of ether oxygens (including phenoxy) is 1. The molecule has 0 bridgehead atoms. The van der Waals surface area contributed by atoms with E-state index in [2.05, 4.69) is 29.5 Å². The molecular weight excluding hydrogens is 286 g/mol. The van der Waals surface area contributed by atoms with Crippen LogP contribution in [0.15, 0.2) is 0 Å². The third-order valence-corrected chi connectivity index (χ3v) is 4.64. The first kappa shape index (κ1) is 11.1. The molecule has 1 unspecified atom stereocenters. The summed E-state index contributed by atoms with van der Waals surface area (Å²) in [5, 5.41) is 0. The predicted octanol–water partition coefficient (Wildman–Crippen LogP) is 3.24. The van der Waals surface area contributed by atoms with Crippen molar-refractivity contribution in [2.24, 2.45) is 5.92 Å². The topological polar surface area (TPSA) is 9.23 Å². The fourth-order valence-corrected chi connectivity index (χ4v) is 2.07. The fraction of sp³-hybridized carbons (Fsp3) is 1.00. The van der Waals surface area contributed by atoms with Crippen LogP contribution < -0.4 is 0 Å². The second-order valence-corrected chi connectivity index (χ2v) is 4.86. The lowest BCUT2D eigenvalue weighted by molar-refractivity contribution is -0.0282. The van der Waals surface area contributed by atoms with Crippen LogP contribution in [0.1, 0.15) is 26.2 Å². The summed E-state index contributed by atoms with van der Waals surface area (Å²) in [6, 6.07) is 0. The van der Waals surface area contributed by atoms with Crippen LogP contribution in [0.4, 0.5) is 0 Å². The van der Waals surface area contributed by atoms with Crippen LogP contribution in [-0.4, -0.2) is 22.5 Å². The first-order chi connectivity index (χ1) is 5.70. The lowest BCUT2D eigenvalue weighted by atomic mass is 9.86. The van der Waals surface area contributed by atoms with E-state index in [0.717, 1.165) is 17.0 Å². The van der Waals surface area contributed by atoms with Gasteiger partial charge < -0.3 is 4.74 Å². The first-order valence-corrected chi connectivity index (χ1v) is 6.52. The minimum atomic E-state index is -0.0995. The highest BCUT2D eigenvalue weighted by atomic mass is 127. The van der Waals surface area contributed by atoms with E-state index >= 15 is 0 Å². The standard InChI is InChI=1S/C9H16ClIO/c1-9(6-10,7-11)12-5-8-3-2-4-8/h8H,2-7H2,1H3. The van der Waals surface area contributed by atoms with E-state index in [-0.39, 0.29) is 5.60 Å². The van der Waals surface area contributed by atoms with E-state index in [1.165, 1.54) is 19.3 Å². The lowest BCUT2D eigenvalue weighted by Gasteiger charge is -2.31. The molecule has 0 saturated heterocycles. The van der Waals surface area contributed by atoms with Crippen LogP contribution in [0.5, 0.6) is 0 Å². The molecule has 0 aromatic carbocycles. The van der Waals surface area contributed by atoms with Crippen molar-refractivity contribution in [1.29, 1.82) is 0 Å². The molecule has 0 N–H and O–H groups in total. The summed E-state index contributed by atoms with van der Waals surface area (Å²) >= 11 is 8.16. The molecule has 0 spiro atoms. The van der Waals surface area contributed by atoms with Gasteiger partial charge in [-0.25, -0.2) is 0 Å². The Labute approximate surface area is 93.3 Å². The van der Waals surface area contributed by atoms with Crippen LogP contribution >= 0.6 is 34.2 Å². The number of rotatable bonds is 5. The summed E-state index contributed by atoms with van der Waals surface area (Å²) in [7, 11) is 0. The van der Waals surface area contributed by atoms with Gasteiger partial charge in [-0.15, -0.1) is 11.6 Å². The van der Waals surface area contributed by atoms with Crippen molar-refractivity contribution in [1.82, 2.24) is 0 Å². The maximum Gasteiger partial charge on any atom is 0.0878 e. The van der Waals surface area contributed by atoms with Gasteiger partial charge in [-0.3, -0.25) is 0 Å². The third-order valence-electron chi connectivity index (χ3n) is 2.46. The van der Waals surface area contributed by atoms with E-state index in [1.54, 1.807) is 0 Å². The van der Waals surface area contributed by atoms with E-state index in [4.69, 9.17) is 16.3 Å². The van der Waals surface area contributed by atoms with Gasteiger partial charge in [0.1, 0.15) is 0 Å². The van der Waals surface area contributed by atoms with E-state index in [9.17, 15) is 0 Å². The normalized spacial score (nSPS) is 23.2. The number of halogens is 2. The minimum absolute atomic E-state index is 0.0995. The van der Waals surface area contributed by atoms with Gasteiger partial charge in [-0.05, 0) is 25.7 Å². The molecule has 1 atom stereocenters. The second-order valence-electron chi connectivity index (χ2n) is 3.83. The average Bonchev–Trinajstić information content (AvgIpc) is 2.01. The van der Waals surface area contributed by atoms with E-state index < -0.39 is 0 Å². The van der Waals surface area contributed by atoms with E-state index in [0.29, 0.717) is 5.88 Å². The third kappa shape index (κ3) is 3.04. The van der Waals surface area contributed by atoms with Crippen molar-refractivity contribution in [2.75, 3.05) is 16.9 Å². The van der Waals surface area contributed by atoms with Crippen molar-refractivity contribution in [2.45, 2.75) is 31.8 Å². The van der Waals surface area contributed by atoms with Gasteiger partial charge in [0.05, 0.1) is 18.1 Å². The lowest BCUT2D eigenvalue weighted by Crippen LogP contribution is -2.35.